The average Bonchev–Trinajstić information content (AvgIpc) is 2.72. The van der Waals surface area contributed by atoms with Gasteiger partial charge in [0.25, 0.3) is 0 Å². The van der Waals surface area contributed by atoms with Gasteiger partial charge >= 0.3 is 0 Å². The molecular weight excluding hydrogens is 216 g/mol. The van der Waals surface area contributed by atoms with E-state index in [2.05, 4.69) is 0 Å². The Hall–Kier alpha value is -0.610. The molecule has 1 amide bonds. The summed E-state index contributed by atoms with van der Waals surface area (Å²) in [6, 6.07) is -0.449. The lowest BCUT2D eigenvalue weighted by Gasteiger charge is -2.31. The van der Waals surface area contributed by atoms with Crippen molar-refractivity contribution < 1.29 is 9.90 Å². The summed E-state index contributed by atoms with van der Waals surface area (Å²) in [5.74, 6) is 0.128. The normalized spacial score (nSPS) is 22.2. The van der Waals surface area contributed by atoms with Crippen molar-refractivity contribution in [2.75, 3.05) is 13.6 Å². The van der Waals surface area contributed by atoms with Crippen LogP contribution in [0.5, 0.6) is 0 Å². The predicted octanol–water partition coefficient (Wildman–Crippen LogP) is 1.12. The molecule has 0 bridgehead atoms. The number of aliphatic hydroxyl groups is 1. The van der Waals surface area contributed by atoms with Crippen LogP contribution in [0.3, 0.4) is 0 Å². The van der Waals surface area contributed by atoms with Crippen molar-refractivity contribution >= 4 is 5.91 Å². The Morgan fingerprint density at radius 1 is 1.47 bits per heavy atom. The number of carbonyl (C=O) groups is 1. The van der Waals surface area contributed by atoms with E-state index in [-0.39, 0.29) is 11.8 Å². The molecule has 0 spiro atoms. The Labute approximate surface area is 104 Å². The number of rotatable bonds is 5. The number of carbonyl (C=O) groups excluding carboxylic acids is 1. The largest absolute Gasteiger partial charge is 0.388 e. The van der Waals surface area contributed by atoms with Crippen LogP contribution in [0.1, 0.15) is 46.0 Å². The number of likely N-dealkylation sites (N-methyl/N-ethyl adjacent to an activating group) is 1. The third-order valence-corrected chi connectivity index (χ3v) is 3.98. The van der Waals surface area contributed by atoms with Crippen LogP contribution in [0.2, 0.25) is 0 Å². The first-order chi connectivity index (χ1) is 7.89. The number of hydrogen-bond acceptors (Lipinski definition) is 3. The minimum absolute atomic E-state index is 0.0559. The number of nitrogens with zero attached hydrogens (tertiary/aromatic N) is 1. The minimum Gasteiger partial charge on any atom is -0.388 e. The maximum Gasteiger partial charge on any atom is 0.239 e. The van der Waals surface area contributed by atoms with Crippen molar-refractivity contribution in [3.05, 3.63) is 0 Å². The lowest BCUT2D eigenvalue weighted by Crippen LogP contribution is -2.50. The van der Waals surface area contributed by atoms with Gasteiger partial charge in [0.15, 0.2) is 0 Å². The van der Waals surface area contributed by atoms with Gasteiger partial charge in [-0.3, -0.25) is 4.79 Å². The van der Waals surface area contributed by atoms with E-state index in [1.807, 2.05) is 13.8 Å². The highest BCUT2D eigenvalue weighted by Gasteiger charge is 2.34. The minimum atomic E-state index is -0.681. The maximum absolute atomic E-state index is 12.1. The lowest BCUT2D eigenvalue weighted by atomic mass is 9.97. The van der Waals surface area contributed by atoms with Crippen LogP contribution in [0.15, 0.2) is 0 Å². The molecule has 1 unspecified atom stereocenters. The summed E-state index contributed by atoms with van der Waals surface area (Å²) in [5.41, 5.74) is 5.24. The lowest BCUT2D eigenvalue weighted by molar-refractivity contribution is -0.135. The third-order valence-electron chi connectivity index (χ3n) is 3.98. The van der Waals surface area contributed by atoms with Crippen LogP contribution in [0.25, 0.3) is 0 Å². The molecule has 0 heterocycles. The zero-order valence-corrected chi connectivity index (χ0v) is 11.3. The van der Waals surface area contributed by atoms with Gasteiger partial charge in [-0.25, -0.2) is 0 Å². The summed E-state index contributed by atoms with van der Waals surface area (Å²) in [6.45, 7) is 4.43. The Morgan fingerprint density at radius 2 is 2.00 bits per heavy atom. The van der Waals surface area contributed by atoms with Crippen molar-refractivity contribution in [2.45, 2.75) is 57.6 Å². The standard InChI is InChI=1S/C13H26N2O2/c1-4-10(2)11(14)12(16)15(3)9-13(17)7-5-6-8-13/h10-11,17H,4-9,14H2,1-3H3/t10?,11-/m0/s1. The van der Waals surface area contributed by atoms with E-state index >= 15 is 0 Å². The zero-order valence-electron chi connectivity index (χ0n) is 11.3. The van der Waals surface area contributed by atoms with Gasteiger partial charge in [0, 0.05) is 13.6 Å². The highest BCUT2D eigenvalue weighted by Crippen LogP contribution is 2.30. The van der Waals surface area contributed by atoms with Gasteiger partial charge in [0.2, 0.25) is 5.91 Å². The summed E-state index contributed by atoms with van der Waals surface area (Å²) in [5, 5.41) is 10.3. The van der Waals surface area contributed by atoms with Gasteiger partial charge in [-0.2, -0.15) is 0 Å². The van der Waals surface area contributed by atoms with Crippen molar-refractivity contribution in [3.8, 4) is 0 Å². The van der Waals surface area contributed by atoms with Gasteiger partial charge in [-0.05, 0) is 18.8 Å². The van der Waals surface area contributed by atoms with E-state index in [1.54, 1.807) is 11.9 Å². The number of nitrogens with two attached hydrogens (primary N) is 1. The summed E-state index contributed by atoms with van der Waals surface area (Å²) >= 11 is 0. The summed E-state index contributed by atoms with van der Waals surface area (Å²) in [6.07, 6.45) is 4.59. The average molecular weight is 242 g/mol. The maximum atomic E-state index is 12.1. The summed E-state index contributed by atoms with van der Waals surface area (Å²) in [4.78, 5) is 13.7. The van der Waals surface area contributed by atoms with Crippen LogP contribution < -0.4 is 5.73 Å². The van der Waals surface area contributed by atoms with E-state index in [0.29, 0.717) is 6.54 Å². The van der Waals surface area contributed by atoms with Gasteiger partial charge in [0.1, 0.15) is 0 Å². The molecule has 4 heteroatoms. The van der Waals surface area contributed by atoms with Crippen molar-refractivity contribution in [1.29, 1.82) is 0 Å². The smallest absolute Gasteiger partial charge is 0.239 e. The van der Waals surface area contributed by atoms with Crippen LogP contribution in [0.4, 0.5) is 0 Å². The van der Waals surface area contributed by atoms with E-state index in [9.17, 15) is 9.90 Å². The fourth-order valence-electron chi connectivity index (χ4n) is 2.46. The van der Waals surface area contributed by atoms with Gasteiger partial charge in [-0.1, -0.05) is 33.1 Å². The predicted molar refractivity (Wildman–Crippen MR) is 68.5 cm³/mol. The fourth-order valence-corrected chi connectivity index (χ4v) is 2.46. The quantitative estimate of drug-likeness (QED) is 0.759. The molecule has 0 aromatic rings. The van der Waals surface area contributed by atoms with Crippen molar-refractivity contribution in [1.82, 2.24) is 4.90 Å². The third kappa shape index (κ3) is 3.68. The molecule has 1 saturated carbocycles. The van der Waals surface area contributed by atoms with Crippen LogP contribution in [-0.4, -0.2) is 41.1 Å². The molecule has 0 aromatic heterocycles. The van der Waals surface area contributed by atoms with Crippen LogP contribution in [0, 0.1) is 5.92 Å². The zero-order chi connectivity index (χ0) is 13.1. The molecule has 0 radical (unpaired) electrons. The van der Waals surface area contributed by atoms with Crippen LogP contribution >= 0.6 is 0 Å². The molecule has 0 aliphatic heterocycles. The molecule has 2 atom stereocenters. The SMILES string of the molecule is CCC(C)[C@H](N)C(=O)N(C)CC1(O)CCCC1. The summed E-state index contributed by atoms with van der Waals surface area (Å²) < 4.78 is 0. The molecule has 1 fully saturated rings. The molecule has 3 N–H and O–H groups in total. The molecule has 100 valence electrons. The Balaban J connectivity index is 2.51. The fraction of sp³-hybridized carbons (Fsp3) is 0.923. The van der Waals surface area contributed by atoms with E-state index in [0.717, 1.165) is 32.1 Å². The molecule has 1 aliphatic carbocycles. The molecule has 1 aliphatic rings. The van der Waals surface area contributed by atoms with Gasteiger partial charge in [0.05, 0.1) is 11.6 Å². The molecule has 1 rings (SSSR count). The molecule has 4 nitrogen and oxygen atoms in total. The number of hydrogen-bond donors (Lipinski definition) is 2. The van der Waals surface area contributed by atoms with E-state index in [4.69, 9.17) is 5.73 Å². The first-order valence-electron chi connectivity index (χ1n) is 6.62. The van der Waals surface area contributed by atoms with E-state index < -0.39 is 11.6 Å². The second kappa shape index (κ2) is 5.83. The van der Waals surface area contributed by atoms with Gasteiger partial charge < -0.3 is 15.7 Å². The first-order valence-corrected chi connectivity index (χ1v) is 6.62. The molecular formula is C13H26N2O2. The van der Waals surface area contributed by atoms with Crippen molar-refractivity contribution in [2.24, 2.45) is 11.7 Å². The highest BCUT2D eigenvalue weighted by atomic mass is 16.3. The topological polar surface area (TPSA) is 66.6 Å². The molecule has 0 saturated heterocycles. The second-order valence-corrected chi connectivity index (χ2v) is 5.54. The second-order valence-electron chi connectivity index (χ2n) is 5.54. The highest BCUT2D eigenvalue weighted by molar-refractivity contribution is 5.81. The van der Waals surface area contributed by atoms with Crippen LogP contribution in [-0.2, 0) is 4.79 Å². The van der Waals surface area contributed by atoms with E-state index in [1.165, 1.54) is 0 Å². The number of amides is 1. The van der Waals surface area contributed by atoms with Crippen molar-refractivity contribution in [3.63, 3.8) is 0 Å². The Kier molecular flexibility index (Phi) is 4.95. The molecule has 17 heavy (non-hydrogen) atoms. The Bertz CT molecular complexity index is 262. The molecule has 0 aromatic carbocycles. The van der Waals surface area contributed by atoms with Gasteiger partial charge in [-0.15, -0.1) is 0 Å². The summed E-state index contributed by atoms with van der Waals surface area (Å²) in [7, 11) is 1.74. The first kappa shape index (κ1) is 14.5. The Morgan fingerprint density at radius 3 is 2.47 bits per heavy atom. The monoisotopic (exact) mass is 242 g/mol.